The topological polar surface area (TPSA) is 0 Å². The van der Waals surface area contributed by atoms with Gasteiger partial charge in [0.15, 0.2) is 0 Å². The maximum atomic E-state index is 13.7. The van der Waals surface area contributed by atoms with E-state index in [9.17, 15) is 8.78 Å². The average molecular weight is 396 g/mol. The lowest BCUT2D eigenvalue weighted by Gasteiger charge is -2.07. The van der Waals surface area contributed by atoms with Crippen molar-refractivity contribution >= 4 is 35.1 Å². The van der Waals surface area contributed by atoms with Gasteiger partial charge in [-0.05, 0) is 94.4 Å². The van der Waals surface area contributed by atoms with Crippen molar-refractivity contribution in [3.05, 3.63) is 118 Å². The van der Waals surface area contributed by atoms with Crippen molar-refractivity contribution in [1.29, 1.82) is 0 Å². The van der Waals surface area contributed by atoms with Crippen LogP contribution in [0.2, 0.25) is 0 Å². The highest BCUT2D eigenvalue weighted by Crippen LogP contribution is 2.25. The van der Waals surface area contributed by atoms with Crippen LogP contribution in [0.1, 0.15) is 33.4 Å². The highest BCUT2D eigenvalue weighted by molar-refractivity contribution is 5.91. The molecule has 0 amide bonds. The lowest BCUT2D eigenvalue weighted by molar-refractivity contribution is 0.626. The fourth-order valence-electron chi connectivity index (χ4n) is 3.51. The van der Waals surface area contributed by atoms with Gasteiger partial charge in [-0.25, -0.2) is 8.78 Å². The molecule has 148 valence electrons. The van der Waals surface area contributed by atoms with Crippen LogP contribution in [0.4, 0.5) is 8.78 Å². The third-order valence-electron chi connectivity index (χ3n) is 5.32. The van der Waals surface area contributed by atoms with E-state index in [0.717, 1.165) is 44.2 Å². The first kappa shape index (κ1) is 19.8. The summed E-state index contributed by atoms with van der Waals surface area (Å²) in [7, 11) is 0. The van der Waals surface area contributed by atoms with Crippen LogP contribution in [0.25, 0.3) is 35.1 Å². The van der Waals surface area contributed by atoms with Gasteiger partial charge in [0, 0.05) is 0 Å². The molecule has 4 rings (SSSR count). The summed E-state index contributed by atoms with van der Waals surface area (Å²) in [5.41, 5.74) is 5.75. The zero-order chi connectivity index (χ0) is 21.1. The predicted octanol–water partition coefficient (Wildman–Crippen LogP) is 8.08. The van der Waals surface area contributed by atoms with Crippen molar-refractivity contribution in [1.82, 2.24) is 0 Å². The summed E-state index contributed by atoms with van der Waals surface area (Å²) in [5, 5.41) is 2.26. The molecule has 4 aromatic rings. The molecule has 30 heavy (non-hydrogen) atoms. The Morgan fingerprint density at radius 2 is 0.900 bits per heavy atom. The van der Waals surface area contributed by atoms with E-state index in [1.807, 2.05) is 50.3 Å². The largest absolute Gasteiger partial charge is 0.207 e. The molecule has 0 heterocycles. The zero-order valence-corrected chi connectivity index (χ0v) is 17.0. The molecule has 0 spiro atoms. The van der Waals surface area contributed by atoms with Gasteiger partial charge in [0.05, 0.1) is 0 Å². The summed E-state index contributed by atoms with van der Waals surface area (Å²) < 4.78 is 27.3. The minimum Gasteiger partial charge on any atom is -0.207 e. The van der Waals surface area contributed by atoms with Crippen LogP contribution >= 0.6 is 0 Å². The Bertz CT molecular complexity index is 1180. The fourth-order valence-corrected chi connectivity index (χ4v) is 3.51. The van der Waals surface area contributed by atoms with Gasteiger partial charge in [-0.1, -0.05) is 60.7 Å². The second-order valence-corrected chi connectivity index (χ2v) is 7.50. The van der Waals surface area contributed by atoms with Crippen LogP contribution in [0.5, 0.6) is 0 Å². The Kier molecular flexibility index (Phi) is 5.58. The second kappa shape index (κ2) is 8.46. The quantitative estimate of drug-likeness (QED) is 0.306. The van der Waals surface area contributed by atoms with Crippen molar-refractivity contribution < 1.29 is 8.78 Å². The van der Waals surface area contributed by atoms with Gasteiger partial charge in [-0.3, -0.25) is 0 Å². The minimum atomic E-state index is -0.250. The van der Waals surface area contributed by atoms with E-state index in [4.69, 9.17) is 0 Å². The molecule has 0 N–H and O–H groups in total. The van der Waals surface area contributed by atoms with Gasteiger partial charge in [0.1, 0.15) is 11.6 Å². The van der Waals surface area contributed by atoms with E-state index < -0.39 is 0 Å². The van der Waals surface area contributed by atoms with Gasteiger partial charge >= 0.3 is 0 Å². The fraction of sp³-hybridized carbons (Fsp3) is 0.0714. The Morgan fingerprint density at radius 3 is 1.33 bits per heavy atom. The SMILES string of the molecule is Cc1ccc(F)cc1C=Cc1cc2ccccc2cc1C=Cc1cc(F)ccc1C. The molecule has 0 saturated heterocycles. The Balaban J connectivity index is 1.79. The van der Waals surface area contributed by atoms with Gasteiger partial charge < -0.3 is 0 Å². The lowest BCUT2D eigenvalue weighted by Crippen LogP contribution is -1.86. The average Bonchev–Trinajstić information content (AvgIpc) is 2.74. The maximum Gasteiger partial charge on any atom is 0.123 e. The molecule has 0 aliphatic heterocycles. The molecule has 0 aliphatic rings. The third kappa shape index (κ3) is 4.38. The molecule has 0 fully saturated rings. The molecule has 0 aromatic heterocycles. The Labute approximate surface area is 175 Å². The van der Waals surface area contributed by atoms with Crippen LogP contribution in [-0.4, -0.2) is 0 Å². The van der Waals surface area contributed by atoms with Gasteiger partial charge in [0.2, 0.25) is 0 Å². The van der Waals surface area contributed by atoms with E-state index in [-0.39, 0.29) is 11.6 Å². The van der Waals surface area contributed by atoms with Crippen molar-refractivity contribution in [2.75, 3.05) is 0 Å². The summed E-state index contributed by atoms with van der Waals surface area (Å²) >= 11 is 0. The summed E-state index contributed by atoms with van der Waals surface area (Å²) in [6.45, 7) is 3.93. The second-order valence-electron chi connectivity index (χ2n) is 7.50. The van der Waals surface area contributed by atoms with Gasteiger partial charge in [-0.2, -0.15) is 0 Å². The van der Waals surface area contributed by atoms with E-state index in [1.165, 1.54) is 12.1 Å². The number of fused-ring (bicyclic) bond motifs is 1. The number of halogens is 2. The molecule has 0 unspecified atom stereocenters. The molecule has 0 atom stereocenters. The van der Waals surface area contributed by atoms with Gasteiger partial charge in [0.25, 0.3) is 0 Å². The molecular formula is C28H22F2. The summed E-state index contributed by atoms with van der Waals surface area (Å²) in [5.74, 6) is -0.499. The van der Waals surface area contributed by atoms with E-state index >= 15 is 0 Å². The van der Waals surface area contributed by atoms with Crippen molar-refractivity contribution in [2.24, 2.45) is 0 Å². The zero-order valence-electron chi connectivity index (χ0n) is 17.0. The molecule has 2 heteroatoms. The van der Waals surface area contributed by atoms with Crippen LogP contribution in [0.3, 0.4) is 0 Å². The van der Waals surface area contributed by atoms with Gasteiger partial charge in [-0.15, -0.1) is 0 Å². The predicted molar refractivity (Wildman–Crippen MR) is 124 cm³/mol. The van der Waals surface area contributed by atoms with E-state index in [0.29, 0.717) is 0 Å². The van der Waals surface area contributed by atoms with Crippen molar-refractivity contribution in [3.8, 4) is 0 Å². The minimum absolute atomic E-state index is 0.250. The molecule has 0 bridgehead atoms. The van der Waals surface area contributed by atoms with E-state index in [2.05, 4.69) is 24.3 Å². The smallest absolute Gasteiger partial charge is 0.123 e. The Hall–Kier alpha value is -3.52. The number of hydrogen-bond acceptors (Lipinski definition) is 0. The standard InChI is InChI=1S/C28H22F2/c1-19-7-13-27(29)17-21(19)9-11-25-15-23-5-3-4-6-24(23)16-26(25)12-10-22-18-28(30)14-8-20(22)2/h3-18H,1-2H3. The monoisotopic (exact) mass is 396 g/mol. The summed E-state index contributed by atoms with van der Waals surface area (Å²) in [6.07, 6.45) is 7.89. The van der Waals surface area contributed by atoms with Crippen molar-refractivity contribution in [2.45, 2.75) is 13.8 Å². The molecule has 0 saturated carbocycles. The molecule has 0 nitrogen and oxygen atoms in total. The highest BCUT2D eigenvalue weighted by Gasteiger charge is 2.03. The van der Waals surface area contributed by atoms with Crippen LogP contribution in [-0.2, 0) is 0 Å². The van der Waals surface area contributed by atoms with E-state index in [1.54, 1.807) is 24.3 Å². The molecule has 4 aromatic carbocycles. The normalized spacial score (nSPS) is 11.7. The summed E-state index contributed by atoms with van der Waals surface area (Å²) in [6, 6.07) is 22.0. The summed E-state index contributed by atoms with van der Waals surface area (Å²) in [4.78, 5) is 0. The first-order chi connectivity index (χ1) is 14.5. The first-order valence-corrected chi connectivity index (χ1v) is 9.91. The Morgan fingerprint density at radius 1 is 0.500 bits per heavy atom. The number of benzene rings is 4. The number of rotatable bonds is 4. The first-order valence-electron chi connectivity index (χ1n) is 9.91. The molecule has 0 aliphatic carbocycles. The molecule has 0 radical (unpaired) electrons. The van der Waals surface area contributed by atoms with Crippen LogP contribution in [0, 0.1) is 25.5 Å². The van der Waals surface area contributed by atoms with Crippen LogP contribution < -0.4 is 0 Å². The van der Waals surface area contributed by atoms with Crippen molar-refractivity contribution in [3.63, 3.8) is 0 Å². The molecular weight excluding hydrogens is 374 g/mol. The van der Waals surface area contributed by atoms with Crippen LogP contribution in [0.15, 0.2) is 72.8 Å². The third-order valence-corrected chi connectivity index (χ3v) is 5.32. The maximum absolute atomic E-state index is 13.7. The number of hydrogen-bond donors (Lipinski definition) is 0. The number of aryl methyl sites for hydroxylation is 2. The lowest BCUT2D eigenvalue weighted by atomic mass is 9.98. The highest BCUT2D eigenvalue weighted by atomic mass is 19.1.